The van der Waals surface area contributed by atoms with E-state index in [1.54, 1.807) is 0 Å². The molecular weight excluding hydrogens is 198 g/mol. The van der Waals surface area contributed by atoms with Crippen molar-refractivity contribution in [2.24, 2.45) is 5.73 Å². The summed E-state index contributed by atoms with van der Waals surface area (Å²) in [7, 11) is 0. The fourth-order valence-corrected chi connectivity index (χ4v) is 4.27. The maximum atomic E-state index is 6.19. The van der Waals surface area contributed by atoms with Crippen LogP contribution in [-0.2, 0) is 0 Å². The standard InChI is InChI=1S/C13H25N3/c14-11-13(16-8-3-4-9-16)6-10-15-7-2-1-5-12(13)15/h12H,1-11,14H2. The van der Waals surface area contributed by atoms with Gasteiger partial charge in [-0.05, 0) is 51.7 Å². The van der Waals surface area contributed by atoms with Crippen LogP contribution in [0.15, 0.2) is 0 Å². The topological polar surface area (TPSA) is 32.5 Å². The van der Waals surface area contributed by atoms with Gasteiger partial charge in [-0.15, -0.1) is 0 Å². The normalized spacial score (nSPS) is 41.4. The molecule has 3 rings (SSSR count). The van der Waals surface area contributed by atoms with Gasteiger partial charge in [0.15, 0.2) is 0 Å². The van der Waals surface area contributed by atoms with E-state index in [-0.39, 0.29) is 0 Å². The molecular formula is C13H25N3. The molecule has 16 heavy (non-hydrogen) atoms. The van der Waals surface area contributed by atoms with Crippen LogP contribution < -0.4 is 5.73 Å². The lowest BCUT2D eigenvalue weighted by atomic mass is 9.84. The largest absolute Gasteiger partial charge is 0.329 e. The highest BCUT2D eigenvalue weighted by Crippen LogP contribution is 2.40. The van der Waals surface area contributed by atoms with Gasteiger partial charge in [0, 0.05) is 24.7 Å². The third-order valence-electron chi connectivity index (χ3n) is 5.16. The molecule has 2 N–H and O–H groups in total. The van der Waals surface area contributed by atoms with E-state index in [0.717, 1.165) is 12.6 Å². The van der Waals surface area contributed by atoms with Crippen molar-refractivity contribution in [3.8, 4) is 0 Å². The average Bonchev–Trinajstić information content (AvgIpc) is 2.97. The molecule has 3 saturated heterocycles. The fourth-order valence-electron chi connectivity index (χ4n) is 4.27. The van der Waals surface area contributed by atoms with Crippen molar-refractivity contribution >= 4 is 0 Å². The number of hydrogen-bond donors (Lipinski definition) is 1. The van der Waals surface area contributed by atoms with E-state index in [4.69, 9.17) is 5.73 Å². The zero-order valence-corrected chi connectivity index (χ0v) is 10.3. The summed E-state index contributed by atoms with van der Waals surface area (Å²) in [5.41, 5.74) is 6.53. The van der Waals surface area contributed by atoms with Crippen LogP contribution in [0.3, 0.4) is 0 Å². The first-order chi connectivity index (χ1) is 7.87. The van der Waals surface area contributed by atoms with E-state index < -0.39 is 0 Å². The molecule has 0 saturated carbocycles. The molecule has 0 bridgehead atoms. The van der Waals surface area contributed by atoms with Gasteiger partial charge in [-0.3, -0.25) is 9.80 Å². The van der Waals surface area contributed by atoms with Crippen LogP contribution in [0.1, 0.15) is 38.5 Å². The van der Waals surface area contributed by atoms with Gasteiger partial charge >= 0.3 is 0 Å². The van der Waals surface area contributed by atoms with E-state index in [2.05, 4.69) is 9.80 Å². The van der Waals surface area contributed by atoms with Crippen molar-refractivity contribution in [1.82, 2.24) is 9.80 Å². The molecule has 3 heteroatoms. The van der Waals surface area contributed by atoms with Crippen LogP contribution in [0.25, 0.3) is 0 Å². The molecule has 3 fully saturated rings. The number of rotatable bonds is 2. The lowest BCUT2D eigenvalue weighted by Crippen LogP contribution is -2.60. The fraction of sp³-hybridized carbons (Fsp3) is 1.00. The second-order valence-corrected chi connectivity index (χ2v) is 5.80. The van der Waals surface area contributed by atoms with Crippen LogP contribution in [0.4, 0.5) is 0 Å². The summed E-state index contributed by atoms with van der Waals surface area (Å²) in [6.45, 7) is 6.07. The SMILES string of the molecule is NCC1(N2CCCC2)CCN2CCCCC21. The third kappa shape index (κ3) is 1.52. The van der Waals surface area contributed by atoms with Gasteiger partial charge in [0.2, 0.25) is 0 Å². The van der Waals surface area contributed by atoms with Gasteiger partial charge in [0.05, 0.1) is 0 Å². The summed E-state index contributed by atoms with van der Waals surface area (Å²) in [6.07, 6.45) is 8.28. The number of likely N-dealkylation sites (tertiary alicyclic amines) is 1. The van der Waals surface area contributed by atoms with Crippen molar-refractivity contribution in [3.63, 3.8) is 0 Å². The van der Waals surface area contributed by atoms with E-state index in [1.807, 2.05) is 0 Å². The Morgan fingerprint density at radius 2 is 1.75 bits per heavy atom. The van der Waals surface area contributed by atoms with Crippen LogP contribution in [0.2, 0.25) is 0 Å². The van der Waals surface area contributed by atoms with Crippen molar-refractivity contribution in [1.29, 1.82) is 0 Å². The zero-order chi connectivity index (χ0) is 11.0. The molecule has 2 unspecified atom stereocenters. The lowest BCUT2D eigenvalue weighted by Gasteiger charge is -2.46. The Morgan fingerprint density at radius 3 is 2.50 bits per heavy atom. The molecule has 0 aromatic rings. The molecule has 0 aromatic heterocycles. The average molecular weight is 223 g/mol. The van der Waals surface area contributed by atoms with Crippen LogP contribution >= 0.6 is 0 Å². The smallest absolute Gasteiger partial charge is 0.0498 e. The number of hydrogen-bond acceptors (Lipinski definition) is 3. The minimum atomic E-state index is 0.344. The predicted octanol–water partition coefficient (Wildman–Crippen LogP) is 1.04. The van der Waals surface area contributed by atoms with Gasteiger partial charge in [-0.1, -0.05) is 6.42 Å². The first kappa shape index (κ1) is 11.0. The van der Waals surface area contributed by atoms with E-state index in [0.29, 0.717) is 5.54 Å². The molecule has 0 amide bonds. The van der Waals surface area contributed by atoms with Crippen LogP contribution in [-0.4, -0.2) is 54.1 Å². The highest BCUT2D eigenvalue weighted by molar-refractivity contribution is 5.09. The molecule has 2 atom stereocenters. The Kier molecular flexibility index (Phi) is 2.94. The Hall–Kier alpha value is -0.120. The van der Waals surface area contributed by atoms with Gasteiger partial charge in [-0.25, -0.2) is 0 Å². The lowest BCUT2D eigenvalue weighted by molar-refractivity contribution is 0.0548. The highest BCUT2D eigenvalue weighted by Gasteiger charge is 2.50. The molecule has 3 heterocycles. The monoisotopic (exact) mass is 223 g/mol. The summed E-state index contributed by atoms with van der Waals surface area (Å²) < 4.78 is 0. The van der Waals surface area contributed by atoms with Crippen molar-refractivity contribution < 1.29 is 0 Å². The number of piperidine rings is 1. The summed E-state index contributed by atoms with van der Waals surface area (Å²) in [4.78, 5) is 5.44. The summed E-state index contributed by atoms with van der Waals surface area (Å²) in [5.74, 6) is 0. The predicted molar refractivity (Wildman–Crippen MR) is 66.4 cm³/mol. The number of nitrogens with two attached hydrogens (primary N) is 1. The number of nitrogens with zero attached hydrogens (tertiary/aromatic N) is 2. The summed E-state index contributed by atoms with van der Waals surface area (Å²) in [5, 5.41) is 0. The Balaban J connectivity index is 1.83. The van der Waals surface area contributed by atoms with E-state index >= 15 is 0 Å². The minimum absolute atomic E-state index is 0.344. The van der Waals surface area contributed by atoms with Crippen molar-refractivity contribution in [2.75, 3.05) is 32.7 Å². The Bertz CT molecular complexity index is 250. The Morgan fingerprint density at radius 1 is 1.00 bits per heavy atom. The quantitative estimate of drug-likeness (QED) is 0.759. The molecule has 3 nitrogen and oxygen atoms in total. The van der Waals surface area contributed by atoms with E-state index in [9.17, 15) is 0 Å². The van der Waals surface area contributed by atoms with Gasteiger partial charge < -0.3 is 5.73 Å². The first-order valence-corrected chi connectivity index (χ1v) is 7.06. The molecule has 92 valence electrons. The Labute approximate surface area is 99.0 Å². The van der Waals surface area contributed by atoms with Gasteiger partial charge in [0.1, 0.15) is 0 Å². The van der Waals surface area contributed by atoms with Crippen molar-refractivity contribution in [2.45, 2.75) is 50.1 Å². The molecule has 0 aliphatic carbocycles. The third-order valence-corrected chi connectivity index (χ3v) is 5.16. The second kappa shape index (κ2) is 4.28. The number of fused-ring (bicyclic) bond motifs is 1. The van der Waals surface area contributed by atoms with E-state index in [1.165, 1.54) is 64.7 Å². The second-order valence-electron chi connectivity index (χ2n) is 5.80. The molecule has 0 spiro atoms. The van der Waals surface area contributed by atoms with Gasteiger partial charge in [-0.2, -0.15) is 0 Å². The van der Waals surface area contributed by atoms with Crippen molar-refractivity contribution in [3.05, 3.63) is 0 Å². The highest BCUT2D eigenvalue weighted by atomic mass is 15.3. The maximum absolute atomic E-state index is 6.19. The summed E-state index contributed by atoms with van der Waals surface area (Å²) in [6, 6.07) is 0.768. The maximum Gasteiger partial charge on any atom is 0.0498 e. The van der Waals surface area contributed by atoms with Crippen LogP contribution in [0.5, 0.6) is 0 Å². The first-order valence-electron chi connectivity index (χ1n) is 7.06. The zero-order valence-electron chi connectivity index (χ0n) is 10.3. The molecule has 0 aromatic carbocycles. The molecule has 3 aliphatic rings. The molecule has 0 radical (unpaired) electrons. The molecule has 3 aliphatic heterocycles. The summed E-state index contributed by atoms with van der Waals surface area (Å²) >= 11 is 0. The van der Waals surface area contributed by atoms with Gasteiger partial charge in [0.25, 0.3) is 0 Å². The minimum Gasteiger partial charge on any atom is -0.329 e. The van der Waals surface area contributed by atoms with Crippen LogP contribution in [0, 0.1) is 0 Å².